The van der Waals surface area contributed by atoms with Gasteiger partial charge in [-0.3, -0.25) is 14.5 Å². The average molecular weight is 276 g/mol. The zero-order chi connectivity index (χ0) is 14.9. The summed E-state index contributed by atoms with van der Waals surface area (Å²) in [7, 11) is 1.57. The van der Waals surface area contributed by atoms with Gasteiger partial charge < -0.3 is 10.5 Å². The second-order valence-electron chi connectivity index (χ2n) is 5.21. The van der Waals surface area contributed by atoms with E-state index in [4.69, 9.17) is 10.5 Å². The van der Waals surface area contributed by atoms with Crippen molar-refractivity contribution in [2.45, 2.75) is 19.9 Å². The number of nitrogens with two attached hydrogens (primary N) is 1. The second-order valence-corrected chi connectivity index (χ2v) is 5.21. The SMILES string of the molecule is COc1ccccc1C(N)CN1C(=O)C(C)C(C)C1=O. The first kappa shape index (κ1) is 14.5. The van der Waals surface area contributed by atoms with Crippen LogP contribution in [0.1, 0.15) is 25.5 Å². The number of hydrogen-bond acceptors (Lipinski definition) is 4. The molecule has 3 atom stereocenters. The Balaban J connectivity index is 2.18. The molecule has 3 unspecified atom stereocenters. The topological polar surface area (TPSA) is 72.6 Å². The molecule has 108 valence electrons. The molecule has 5 heteroatoms. The van der Waals surface area contributed by atoms with Crippen molar-refractivity contribution in [3.63, 3.8) is 0 Å². The highest BCUT2D eigenvalue weighted by molar-refractivity contribution is 6.04. The maximum absolute atomic E-state index is 12.1. The Labute approximate surface area is 118 Å². The fourth-order valence-electron chi connectivity index (χ4n) is 2.48. The van der Waals surface area contributed by atoms with Crippen LogP contribution in [0, 0.1) is 11.8 Å². The maximum atomic E-state index is 12.1. The minimum absolute atomic E-state index is 0.146. The summed E-state index contributed by atoms with van der Waals surface area (Å²) < 4.78 is 5.26. The van der Waals surface area contributed by atoms with Crippen LogP contribution in [0.3, 0.4) is 0 Å². The van der Waals surface area contributed by atoms with Gasteiger partial charge in [0.1, 0.15) is 5.75 Å². The van der Waals surface area contributed by atoms with Crippen molar-refractivity contribution in [3.8, 4) is 5.75 Å². The van der Waals surface area contributed by atoms with Crippen molar-refractivity contribution in [3.05, 3.63) is 29.8 Å². The number of imide groups is 1. The fraction of sp³-hybridized carbons (Fsp3) is 0.467. The Morgan fingerprint density at radius 1 is 1.20 bits per heavy atom. The normalized spacial score (nSPS) is 24.1. The molecule has 0 saturated carbocycles. The minimum atomic E-state index is -0.448. The van der Waals surface area contributed by atoms with E-state index in [1.807, 2.05) is 24.3 Å². The Kier molecular flexibility index (Phi) is 4.09. The number of rotatable bonds is 4. The molecule has 2 rings (SSSR count). The number of hydrogen-bond donors (Lipinski definition) is 1. The predicted molar refractivity (Wildman–Crippen MR) is 75.0 cm³/mol. The lowest BCUT2D eigenvalue weighted by molar-refractivity contribution is -0.140. The second kappa shape index (κ2) is 5.63. The summed E-state index contributed by atoms with van der Waals surface area (Å²) in [6.07, 6.45) is 0. The molecule has 20 heavy (non-hydrogen) atoms. The fourth-order valence-corrected chi connectivity index (χ4v) is 2.48. The van der Waals surface area contributed by atoms with Crippen molar-refractivity contribution in [1.82, 2.24) is 4.90 Å². The van der Waals surface area contributed by atoms with Gasteiger partial charge in [0, 0.05) is 23.9 Å². The third kappa shape index (κ3) is 2.41. The van der Waals surface area contributed by atoms with Crippen molar-refractivity contribution >= 4 is 11.8 Å². The van der Waals surface area contributed by atoms with Gasteiger partial charge in [-0.25, -0.2) is 0 Å². The minimum Gasteiger partial charge on any atom is -0.496 e. The first-order valence-corrected chi connectivity index (χ1v) is 6.71. The zero-order valence-corrected chi connectivity index (χ0v) is 12.0. The molecule has 0 aromatic heterocycles. The van der Waals surface area contributed by atoms with Crippen LogP contribution in [0.5, 0.6) is 5.75 Å². The summed E-state index contributed by atoms with van der Waals surface area (Å²) in [4.78, 5) is 25.4. The van der Waals surface area contributed by atoms with Crippen molar-refractivity contribution in [2.75, 3.05) is 13.7 Å². The standard InChI is InChI=1S/C15H20N2O3/c1-9-10(2)15(19)17(14(9)18)8-12(16)11-6-4-5-7-13(11)20-3/h4-7,9-10,12H,8,16H2,1-3H3. The lowest BCUT2D eigenvalue weighted by Crippen LogP contribution is -2.37. The van der Waals surface area contributed by atoms with Gasteiger partial charge in [0.25, 0.3) is 0 Å². The summed E-state index contributed by atoms with van der Waals surface area (Å²) >= 11 is 0. The molecular weight excluding hydrogens is 256 g/mol. The van der Waals surface area contributed by atoms with Crippen LogP contribution in [0.25, 0.3) is 0 Å². The van der Waals surface area contributed by atoms with Gasteiger partial charge in [0.05, 0.1) is 13.2 Å². The number of nitrogens with zero attached hydrogens (tertiary/aromatic N) is 1. The Morgan fingerprint density at radius 3 is 2.30 bits per heavy atom. The van der Waals surface area contributed by atoms with E-state index in [1.165, 1.54) is 4.90 Å². The van der Waals surface area contributed by atoms with E-state index in [1.54, 1.807) is 21.0 Å². The molecule has 1 saturated heterocycles. The molecule has 1 aliphatic rings. The summed E-state index contributed by atoms with van der Waals surface area (Å²) in [6.45, 7) is 3.74. The molecule has 2 N–H and O–H groups in total. The quantitative estimate of drug-likeness (QED) is 0.842. The van der Waals surface area contributed by atoms with Gasteiger partial charge in [-0.2, -0.15) is 0 Å². The summed E-state index contributed by atoms with van der Waals surface area (Å²) in [5.41, 5.74) is 6.93. The van der Waals surface area contributed by atoms with Crippen LogP contribution < -0.4 is 10.5 Å². The lowest BCUT2D eigenvalue weighted by atomic mass is 10.00. The molecule has 2 amide bonds. The van der Waals surface area contributed by atoms with Gasteiger partial charge in [-0.15, -0.1) is 0 Å². The predicted octanol–water partition coefficient (Wildman–Crippen LogP) is 1.34. The number of ether oxygens (including phenoxy) is 1. The highest BCUT2D eigenvalue weighted by Gasteiger charge is 2.42. The highest BCUT2D eigenvalue weighted by atomic mass is 16.5. The Bertz CT molecular complexity index is 510. The highest BCUT2D eigenvalue weighted by Crippen LogP contribution is 2.29. The number of benzene rings is 1. The van der Waals surface area contributed by atoms with Crippen LogP contribution in [0.2, 0.25) is 0 Å². The summed E-state index contributed by atoms with van der Waals surface area (Å²) in [6, 6.07) is 6.92. The van der Waals surface area contributed by atoms with Gasteiger partial charge in [-0.1, -0.05) is 32.0 Å². The lowest BCUT2D eigenvalue weighted by Gasteiger charge is -2.21. The zero-order valence-electron chi connectivity index (χ0n) is 12.0. The molecule has 0 bridgehead atoms. The van der Waals surface area contributed by atoms with E-state index in [-0.39, 0.29) is 30.2 Å². The number of likely N-dealkylation sites (tertiary alicyclic amines) is 1. The smallest absolute Gasteiger partial charge is 0.232 e. The molecule has 0 spiro atoms. The molecule has 0 aliphatic carbocycles. The monoisotopic (exact) mass is 276 g/mol. The summed E-state index contributed by atoms with van der Waals surface area (Å²) in [5.74, 6) is -0.166. The van der Waals surface area contributed by atoms with E-state index >= 15 is 0 Å². The van der Waals surface area contributed by atoms with Crippen LogP contribution in [-0.4, -0.2) is 30.4 Å². The largest absolute Gasteiger partial charge is 0.496 e. The van der Waals surface area contributed by atoms with E-state index in [2.05, 4.69) is 0 Å². The third-order valence-corrected chi connectivity index (χ3v) is 3.98. The van der Waals surface area contributed by atoms with Crippen molar-refractivity contribution < 1.29 is 14.3 Å². The Hall–Kier alpha value is -1.88. The summed E-state index contributed by atoms with van der Waals surface area (Å²) in [5, 5.41) is 0. The average Bonchev–Trinajstić information content (AvgIpc) is 2.65. The van der Waals surface area contributed by atoms with Crippen molar-refractivity contribution in [2.24, 2.45) is 17.6 Å². The molecule has 1 aromatic rings. The van der Waals surface area contributed by atoms with Crippen LogP contribution in [-0.2, 0) is 9.59 Å². The van der Waals surface area contributed by atoms with Crippen LogP contribution in [0.15, 0.2) is 24.3 Å². The molecule has 5 nitrogen and oxygen atoms in total. The first-order chi connectivity index (χ1) is 9.47. The molecule has 1 aromatic carbocycles. The van der Waals surface area contributed by atoms with Gasteiger partial charge >= 0.3 is 0 Å². The van der Waals surface area contributed by atoms with Crippen LogP contribution >= 0.6 is 0 Å². The van der Waals surface area contributed by atoms with E-state index in [9.17, 15) is 9.59 Å². The van der Waals surface area contributed by atoms with E-state index < -0.39 is 6.04 Å². The molecule has 0 radical (unpaired) electrons. The molecule has 1 aliphatic heterocycles. The van der Waals surface area contributed by atoms with Crippen LogP contribution in [0.4, 0.5) is 0 Å². The first-order valence-electron chi connectivity index (χ1n) is 6.71. The Morgan fingerprint density at radius 2 is 1.75 bits per heavy atom. The third-order valence-electron chi connectivity index (χ3n) is 3.98. The van der Waals surface area contributed by atoms with Crippen molar-refractivity contribution in [1.29, 1.82) is 0 Å². The van der Waals surface area contributed by atoms with Gasteiger partial charge in [0.2, 0.25) is 11.8 Å². The number of carbonyl (C=O) groups is 2. The number of methoxy groups -OCH3 is 1. The van der Waals surface area contributed by atoms with E-state index in [0.29, 0.717) is 5.75 Å². The molecular formula is C15H20N2O3. The number of carbonyl (C=O) groups excluding carboxylic acids is 2. The van der Waals surface area contributed by atoms with E-state index in [0.717, 1.165) is 5.56 Å². The van der Waals surface area contributed by atoms with Gasteiger partial charge in [0.15, 0.2) is 0 Å². The molecule has 1 heterocycles. The number of amides is 2. The van der Waals surface area contributed by atoms with Gasteiger partial charge in [-0.05, 0) is 6.07 Å². The number of para-hydroxylation sites is 1. The maximum Gasteiger partial charge on any atom is 0.232 e. The molecule has 1 fully saturated rings.